The number of thiophene rings is 1. The molecule has 1 fully saturated rings. The summed E-state index contributed by atoms with van der Waals surface area (Å²) in [6, 6.07) is 3.65. The molecule has 0 aliphatic carbocycles. The number of hydrogen-bond donors (Lipinski definition) is 2. The van der Waals surface area contributed by atoms with Crippen LogP contribution in [0.15, 0.2) is 22.8 Å². The molecule has 3 aromatic rings. The monoisotopic (exact) mass is 398 g/mol. The Morgan fingerprint density at radius 2 is 2.24 bits per heavy atom. The third-order valence-corrected chi connectivity index (χ3v) is 6.20. The lowest BCUT2D eigenvalue weighted by Crippen LogP contribution is -2.37. The van der Waals surface area contributed by atoms with Gasteiger partial charge in [0.2, 0.25) is 5.28 Å². The van der Waals surface area contributed by atoms with Crippen LogP contribution in [0, 0.1) is 0 Å². The van der Waals surface area contributed by atoms with Crippen molar-refractivity contribution >= 4 is 50.6 Å². The maximum atomic E-state index is 6.62. The predicted molar refractivity (Wildman–Crippen MR) is 99.6 cm³/mol. The van der Waals surface area contributed by atoms with Crippen LogP contribution in [0.2, 0.25) is 10.3 Å². The van der Waals surface area contributed by atoms with Gasteiger partial charge in [0.05, 0.1) is 29.1 Å². The Morgan fingerprint density at radius 1 is 1.36 bits per heavy atom. The Bertz CT molecular complexity index is 884. The van der Waals surface area contributed by atoms with Crippen molar-refractivity contribution < 1.29 is 9.15 Å². The van der Waals surface area contributed by atoms with E-state index in [1.165, 1.54) is 0 Å². The average Bonchev–Trinajstić information content (AvgIpc) is 3.22. The summed E-state index contributed by atoms with van der Waals surface area (Å²) < 4.78 is 11.6. The van der Waals surface area contributed by atoms with E-state index in [4.69, 9.17) is 38.1 Å². The predicted octanol–water partition coefficient (Wildman–Crippen LogP) is 4.03. The minimum absolute atomic E-state index is 0.0812. The molecule has 2 atom stereocenters. The van der Waals surface area contributed by atoms with Crippen molar-refractivity contribution in [2.45, 2.75) is 24.9 Å². The van der Waals surface area contributed by atoms with Crippen LogP contribution in [0.25, 0.3) is 10.2 Å². The van der Waals surface area contributed by atoms with Gasteiger partial charge >= 0.3 is 0 Å². The number of halogens is 2. The third-order valence-electron chi connectivity index (χ3n) is 4.22. The molecular formula is C16H16Cl2N4O2S. The lowest BCUT2D eigenvalue weighted by Gasteiger charge is -2.28. The van der Waals surface area contributed by atoms with E-state index in [2.05, 4.69) is 15.3 Å². The van der Waals surface area contributed by atoms with Gasteiger partial charge in [0.15, 0.2) is 0 Å². The Morgan fingerprint density at radius 3 is 3.00 bits per heavy atom. The van der Waals surface area contributed by atoms with E-state index in [1.807, 2.05) is 12.1 Å². The van der Waals surface area contributed by atoms with Gasteiger partial charge in [-0.15, -0.1) is 11.3 Å². The number of nitrogens with one attached hydrogen (secondary N) is 1. The zero-order valence-corrected chi connectivity index (χ0v) is 15.5. The van der Waals surface area contributed by atoms with Crippen molar-refractivity contribution in [2.24, 2.45) is 5.73 Å². The summed E-state index contributed by atoms with van der Waals surface area (Å²) in [5, 5.41) is 4.01. The van der Waals surface area contributed by atoms with Gasteiger partial charge in [-0.05, 0) is 30.2 Å². The number of fused-ring (bicyclic) bond motifs is 1. The molecular weight excluding hydrogens is 383 g/mol. The number of rotatable bonds is 4. The highest BCUT2D eigenvalue weighted by atomic mass is 35.5. The molecule has 0 bridgehead atoms. The summed E-state index contributed by atoms with van der Waals surface area (Å²) in [4.78, 5) is 9.65. The first-order valence-electron chi connectivity index (χ1n) is 7.88. The molecule has 0 amide bonds. The van der Waals surface area contributed by atoms with Gasteiger partial charge in [-0.2, -0.15) is 4.98 Å². The average molecular weight is 399 g/mol. The van der Waals surface area contributed by atoms with Crippen LogP contribution in [0.4, 0.5) is 5.82 Å². The highest BCUT2D eigenvalue weighted by Gasteiger charge is 2.29. The van der Waals surface area contributed by atoms with Crippen LogP contribution in [0.3, 0.4) is 0 Å². The molecule has 9 heteroatoms. The number of aromatic nitrogens is 2. The highest BCUT2D eigenvalue weighted by Crippen LogP contribution is 2.44. The van der Waals surface area contributed by atoms with Crippen molar-refractivity contribution in [3.05, 3.63) is 39.3 Å². The van der Waals surface area contributed by atoms with Gasteiger partial charge in [0, 0.05) is 23.4 Å². The second kappa shape index (κ2) is 7.09. The highest BCUT2D eigenvalue weighted by molar-refractivity contribution is 7.20. The van der Waals surface area contributed by atoms with E-state index in [0.717, 1.165) is 21.8 Å². The lowest BCUT2D eigenvalue weighted by molar-refractivity contribution is 0.0703. The first kappa shape index (κ1) is 17.1. The van der Waals surface area contributed by atoms with Gasteiger partial charge in [0.1, 0.15) is 17.1 Å². The standard InChI is InChI=1S/C16H16Cl2N4O2S/c17-11-12-14(25-13(11)9-3-5-23-7-10(9)19)15(22-16(18)21-12)20-6-8-2-1-4-24-8/h1-2,4,9-10H,3,5-7,19H2,(H,20,21,22)/t9-,10-/m0/s1. The van der Waals surface area contributed by atoms with E-state index in [0.29, 0.717) is 36.1 Å². The van der Waals surface area contributed by atoms with Crippen molar-refractivity contribution in [1.82, 2.24) is 9.97 Å². The minimum Gasteiger partial charge on any atom is -0.467 e. The first-order valence-corrected chi connectivity index (χ1v) is 9.45. The van der Waals surface area contributed by atoms with Crippen LogP contribution in [0.5, 0.6) is 0 Å². The fraction of sp³-hybridized carbons (Fsp3) is 0.375. The Kier molecular flexibility index (Phi) is 4.84. The number of nitrogens with two attached hydrogens (primary N) is 1. The number of anilines is 1. The summed E-state index contributed by atoms with van der Waals surface area (Å²) in [6.45, 7) is 1.71. The van der Waals surface area contributed by atoms with Crippen molar-refractivity contribution in [3.8, 4) is 0 Å². The minimum atomic E-state index is -0.0812. The van der Waals surface area contributed by atoms with Gasteiger partial charge in [-0.25, -0.2) is 4.98 Å². The van der Waals surface area contributed by atoms with Gasteiger partial charge < -0.3 is 20.2 Å². The zero-order valence-electron chi connectivity index (χ0n) is 13.2. The summed E-state index contributed by atoms with van der Waals surface area (Å²) in [5.74, 6) is 1.60. The van der Waals surface area contributed by atoms with Crippen LogP contribution in [0.1, 0.15) is 23.0 Å². The molecule has 1 aliphatic heterocycles. The normalized spacial score (nSPS) is 20.9. The number of furan rings is 1. The largest absolute Gasteiger partial charge is 0.467 e. The number of hydrogen-bond acceptors (Lipinski definition) is 7. The molecule has 4 rings (SSSR count). The van der Waals surface area contributed by atoms with E-state index in [-0.39, 0.29) is 17.2 Å². The van der Waals surface area contributed by atoms with E-state index < -0.39 is 0 Å². The lowest BCUT2D eigenvalue weighted by atomic mass is 9.94. The molecule has 6 nitrogen and oxygen atoms in total. The van der Waals surface area contributed by atoms with Crippen molar-refractivity contribution in [2.75, 3.05) is 18.5 Å². The number of ether oxygens (including phenoxy) is 1. The summed E-state index contributed by atoms with van der Waals surface area (Å²) in [6.07, 6.45) is 2.47. The van der Waals surface area contributed by atoms with Gasteiger partial charge in [0.25, 0.3) is 0 Å². The summed E-state index contributed by atoms with van der Waals surface area (Å²) in [7, 11) is 0. The maximum Gasteiger partial charge on any atom is 0.225 e. The second-order valence-electron chi connectivity index (χ2n) is 5.87. The van der Waals surface area contributed by atoms with Crippen LogP contribution in [-0.4, -0.2) is 29.2 Å². The molecule has 3 N–H and O–H groups in total. The SMILES string of the molecule is N[C@H]1COCC[C@@H]1c1sc2c(NCc3ccco3)nc(Cl)nc2c1Cl. The van der Waals surface area contributed by atoms with Crippen molar-refractivity contribution in [1.29, 1.82) is 0 Å². The quantitative estimate of drug-likeness (QED) is 0.645. The maximum absolute atomic E-state index is 6.62. The van der Waals surface area contributed by atoms with Crippen LogP contribution >= 0.6 is 34.5 Å². The smallest absolute Gasteiger partial charge is 0.225 e. The molecule has 25 heavy (non-hydrogen) atoms. The zero-order chi connectivity index (χ0) is 17.4. The van der Waals surface area contributed by atoms with Crippen LogP contribution < -0.4 is 11.1 Å². The molecule has 4 heterocycles. The van der Waals surface area contributed by atoms with Gasteiger partial charge in [-0.1, -0.05) is 11.6 Å². The molecule has 1 saturated heterocycles. The van der Waals surface area contributed by atoms with Crippen LogP contribution in [-0.2, 0) is 11.3 Å². The molecule has 0 saturated carbocycles. The molecule has 1 aliphatic rings. The Labute approximate surface area is 158 Å². The van der Waals surface area contributed by atoms with E-state index in [1.54, 1.807) is 17.6 Å². The molecule has 0 unspecified atom stereocenters. The van der Waals surface area contributed by atoms with E-state index in [9.17, 15) is 0 Å². The Hall–Kier alpha value is -1.38. The second-order valence-corrected chi connectivity index (χ2v) is 7.63. The summed E-state index contributed by atoms with van der Waals surface area (Å²) >= 11 is 14.3. The molecule has 0 aromatic carbocycles. The fourth-order valence-electron chi connectivity index (χ4n) is 2.97. The number of nitrogens with zero attached hydrogens (tertiary/aromatic N) is 2. The van der Waals surface area contributed by atoms with E-state index >= 15 is 0 Å². The van der Waals surface area contributed by atoms with Crippen molar-refractivity contribution in [3.63, 3.8) is 0 Å². The summed E-state index contributed by atoms with van der Waals surface area (Å²) in [5.41, 5.74) is 6.88. The van der Waals surface area contributed by atoms with Gasteiger partial charge in [-0.3, -0.25) is 0 Å². The first-order chi connectivity index (χ1) is 12.1. The molecule has 0 radical (unpaired) electrons. The third kappa shape index (κ3) is 3.35. The molecule has 132 valence electrons. The Balaban J connectivity index is 1.72. The molecule has 3 aromatic heterocycles. The fourth-order valence-corrected chi connectivity index (χ4v) is 4.89. The molecule has 0 spiro atoms. The topological polar surface area (TPSA) is 86.2 Å².